The molecule has 0 heterocycles. The van der Waals surface area contributed by atoms with Crippen molar-refractivity contribution in [3.05, 3.63) is 29.8 Å². The van der Waals surface area contributed by atoms with Crippen molar-refractivity contribution in [2.24, 2.45) is 5.73 Å². The van der Waals surface area contributed by atoms with Crippen LogP contribution in [0.5, 0.6) is 5.75 Å². The van der Waals surface area contributed by atoms with Crippen molar-refractivity contribution in [1.82, 2.24) is 5.48 Å². The molecule has 0 aliphatic heterocycles. The van der Waals surface area contributed by atoms with Crippen molar-refractivity contribution in [3.63, 3.8) is 0 Å². The number of aliphatic carboxylic acids is 1. The molecule has 8 heteroatoms. The van der Waals surface area contributed by atoms with E-state index in [0.29, 0.717) is 38.0 Å². The van der Waals surface area contributed by atoms with Crippen LogP contribution in [0.4, 0.5) is 0 Å². The van der Waals surface area contributed by atoms with E-state index in [1.807, 2.05) is 5.48 Å². The Kier molecular flexibility index (Phi) is 8.17. The molecule has 0 aromatic heterocycles. The summed E-state index contributed by atoms with van der Waals surface area (Å²) in [6.45, 7) is 0.683. The summed E-state index contributed by atoms with van der Waals surface area (Å²) in [5, 5.41) is 26.6. The Morgan fingerprint density at radius 1 is 1.08 bits per heavy atom. The molecular weight excluding hydrogens is 316 g/mol. The fourth-order valence-corrected chi connectivity index (χ4v) is 2.25. The molecule has 1 atom stereocenters. The highest BCUT2D eigenvalue weighted by molar-refractivity contribution is 5.87. The number of rotatable bonds is 12. The molecule has 0 aliphatic carbocycles. The van der Waals surface area contributed by atoms with Gasteiger partial charge in [0.2, 0.25) is 0 Å². The highest BCUT2D eigenvalue weighted by atomic mass is 16.5. The summed E-state index contributed by atoms with van der Waals surface area (Å²) >= 11 is 0. The van der Waals surface area contributed by atoms with Crippen molar-refractivity contribution >= 4 is 11.9 Å². The lowest BCUT2D eigenvalue weighted by atomic mass is 9.89. The third-order valence-electron chi connectivity index (χ3n) is 3.72. The molecule has 1 rings (SSSR count). The molecule has 134 valence electrons. The summed E-state index contributed by atoms with van der Waals surface area (Å²) in [5.41, 5.74) is 6.83. The Morgan fingerprint density at radius 2 is 1.71 bits per heavy atom. The van der Waals surface area contributed by atoms with Gasteiger partial charge in [0.25, 0.3) is 0 Å². The molecule has 0 saturated heterocycles. The van der Waals surface area contributed by atoms with Crippen LogP contribution in [-0.4, -0.2) is 46.0 Å². The van der Waals surface area contributed by atoms with Crippen molar-refractivity contribution in [1.29, 1.82) is 0 Å². The number of hydrogen-bond donors (Lipinski definition) is 5. The summed E-state index contributed by atoms with van der Waals surface area (Å²) < 4.78 is 5.47. The van der Waals surface area contributed by atoms with E-state index in [4.69, 9.17) is 20.8 Å². The van der Waals surface area contributed by atoms with Crippen LogP contribution in [-0.2, 0) is 4.79 Å². The third kappa shape index (κ3) is 6.53. The van der Waals surface area contributed by atoms with E-state index in [0.717, 1.165) is 0 Å². The van der Waals surface area contributed by atoms with Gasteiger partial charge in [0.05, 0.1) is 12.2 Å². The van der Waals surface area contributed by atoms with Gasteiger partial charge in [0.15, 0.2) is 0 Å². The van der Waals surface area contributed by atoms with Crippen LogP contribution in [0.2, 0.25) is 0 Å². The molecule has 1 unspecified atom stereocenters. The summed E-state index contributed by atoms with van der Waals surface area (Å²) in [6, 6.07) is 5.99. The highest BCUT2D eigenvalue weighted by Crippen LogP contribution is 2.19. The predicted molar refractivity (Wildman–Crippen MR) is 86.3 cm³/mol. The Bertz CT molecular complexity index is 534. The lowest BCUT2D eigenvalue weighted by Crippen LogP contribution is -2.48. The molecule has 0 aliphatic rings. The number of benzene rings is 1. The fraction of sp³-hybridized carbons (Fsp3) is 0.500. The zero-order valence-corrected chi connectivity index (χ0v) is 13.4. The molecule has 1 aromatic rings. The maximum atomic E-state index is 11.4. The average molecular weight is 340 g/mol. The second-order valence-corrected chi connectivity index (χ2v) is 5.61. The van der Waals surface area contributed by atoms with Crippen LogP contribution in [0.25, 0.3) is 0 Å². The molecule has 0 saturated carbocycles. The van der Waals surface area contributed by atoms with E-state index < -0.39 is 17.5 Å². The van der Waals surface area contributed by atoms with Crippen LogP contribution >= 0.6 is 0 Å². The lowest BCUT2D eigenvalue weighted by molar-refractivity contribution is -0.144. The Balaban J connectivity index is 2.39. The zero-order valence-electron chi connectivity index (χ0n) is 13.4. The summed E-state index contributed by atoms with van der Waals surface area (Å²) in [5.74, 6) is -1.54. The van der Waals surface area contributed by atoms with Crippen molar-refractivity contribution < 1.29 is 29.7 Å². The van der Waals surface area contributed by atoms with Crippen LogP contribution < -0.4 is 16.0 Å². The van der Waals surface area contributed by atoms with Crippen molar-refractivity contribution in [3.8, 4) is 5.75 Å². The normalized spacial score (nSPS) is 13.2. The van der Waals surface area contributed by atoms with Gasteiger partial charge in [-0.1, -0.05) is 0 Å². The minimum absolute atomic E-state index is 0.173. The van der Waals surface area contributed by atoms with E-state index in [1.165, 1.54) is 12.1 Å². The number of carboxylic acid groups (broad SMARTS) is 2. The van der Waals surface area contributed by atoms with Gasteiger partial charge in [-0.3, -0.25) is 4.79 Å². The number of unbranched alkanes of at least 4 members (excludes halogenated alkanes) is 1. The molecular formula is C16H24N2O6. The first-order valence-corrected chi connectivity index (χ1v) is 7.74. The van der Waals surface area contributed by atoms with E-state index in [2.05, 4.69) is 0 Å². The van der Waals surface area contributed by atoms with Gasteiger partial charge in [-0.05, 0) is 56.4 Å². The Hall–Kier alpha value is -2.16. The SMILES string of the molecule is NC(CCCCNO)(CCCOc1ccc(C(=O)O)cc1)C(=O)O. The van der Waals surface area contributed by atoms with Gasteiger partial charge in [0.1, 0.15) is 11.3 Å². The van der Waals surface area contributed by atoms with E-state index in [1.54, 1.807) is 12.1 Å². The first-order chi connectivity index (χ1) is 11.4. The summed E-state index contributed by atoms with van der Waals surface area (Å²) in [7, 11) is 0. The summed E-state index contributed by atoms with van der Waals surface area (Å²) in [4.78, 5) is 22.1. The first kappa shape index (κ1) is 19.9. The minimum atomic E-state index is -1.31. The maximum Gasteiger partial charge on any atom is 0.335 e. The molecule has 8 nitrogen and oxygen atoms in total. The minimum Gasteiger partial charge on any atom is -0.494 e. The monoisotopic (exact) mass is 340 g/mol. The predicted octanol–water partition coefficient (Wildman–Crippen LogP) is 1.47. The number of nitrogens with two attached hydrogens (primary N) is 1. The average Bonchev–Trinajstić information content (AvgIpc) is 2.56. The first-order valence-electron chi connectivity index (χ1n) is 7.74. The van der Waals surface area contributed by atoms with Crippen molar-refractivity contribution in [2.75, 3.05) is 13.2 Å². The number of hydroxylamine groups is 1. The second-order valence-electron chi connectivity index (χ2n) is 5.61. The quantitative estimate of drug-likeness (QED) is 0.284. The van der Waals surface area contributed by atoms with Gasteiger partial charge >= 0.3 is 11.9 Å². The molecule has 0 fully saturated rings. The van der Waals surface area contributed by atoms with E-state index in [9.17, 15) is 14.7 Å². The molecule has 6 N–H and O–H groups in total. The number of carbonyl (C=O) groups is 2. The maximum absolute atomic E-state index is 11.4. The summed E-state index contributed by atoms with van der Waals surface area (Å²) in [6.07, 6.45) is 2.27. The second kappa shape index (κ2) is 9.86. The topological polar surface area (TPSA) is 142 Å². The Labute approximate surface area is 140 Å². The molecule has 1 aromatic carbocycles. The third-order valence-corrected chi connectivity index (χ3v) is 3.72. The molecule has 0 amide bonds. The van der Waals surface area contributed by atoms with E-state index in [-0.39, 0.29) is 18.6 Å². The van der Waals surface area contributed by atoms with Gasteiger partial charge in [-0.15, -0.1) is 0 Å². The fourth-order valence-electron chi connectivity index (χ4n) is 2.25. The Morgan fingerprint density at radius 3 is 2.25 bits per heavy atom. The van der Waals surface area contributed by atoms with Crippen LogP contribution in [0, 0.1) is 0 Å². The molecule has 0 spiro atoms. The van der Waals surface area contributed by atoms with Gasteiger partial charge in [-0.2, -0.15) is 0 Å². The molecule has 24 heavy (non-hydrogen) atoms. The largest absolute Gasteiger partial charge is 0.494 e. The lowest BCUT2D eigenvalue weighted by Gasteiger charge is -2.24. The number of carboxylic acids is 2. The van der Waals surface area contributed by atoms with Gasteiger partial charge in [0, 0.05) is 6.54 Å². The number of ether oxygens (including phenoxy) is 1. The van der Waals surface area contributed by atoms with Gasteiger partial charge in [-0.25, -0.2) is 10.3 Å². The van der Waals surface area contributed by atoms with Crippen molar-refractivity contribution in [2.45, 2.75) is 37.6 Å². The molecule has 0 bridgehead atoms. The van der Waals surface area contributed by atoms with Crippen LogP contribution in [0.3, 0.4) is 0 Å². The highest BCUT2D eigenvalue weighted by Gasteiger charge is 2.32. The number of aromatic carboxylic acids is 1. The number of hydrogen-bond acceptors (Lipinski definition) is 6. The number of nitrogens with one attached hydrogen (secondary N) is 1. The van der Waals surface area contributed by atoms with E-state index >= 15 is 0 Å². The smallest absolute Gasteiger partial charge is 0.335 e. The van der Waals surface area contributed by atoms with Crippen LogP contribution in [0.15, 0.2) is 24.3 Å². The molecule has 0 radical (unpaired) electrons. The standard InChI is InChI=1S/C16H24N2O6/c17-16(15(21)22,8-1-2-10-18-23)9-3-11-24-13-6-4-12(5-7-13)14(19)20/h4-7,18,23H,1-3,8-11,17H2,(H,19,20)(H,21,22). The van der Waals surface area contributed by atoms with Gasteiger partial charge < -0.3 is 25.9 Å². The zero-order chi connectivity index (χ0) is 18.0. The van der Waals surface area contributed by atoms with Crippen LogP contribution in [0.1, 0.15) is 42.5 Å².